The molecule has 0 saturated heterocycles. The Labute approximate surface area is 355 Å². The van der Waals surface area contributed by atoms with Crippen LogP contribution in [0.5, 0.6) is 0 Å². The van der Waals surface area contributed by atoms with E-state index in [-0.39, 0.29) is 28.6 Å². The van der Waals surface area contributed by atoms with Gasteiger partial charge < -0.3 is 24.4 Å². The number of fused-ring (bicyclic) bond motifs is 2. The maximum atomic E-state index is 12.8. The second-order valence-electron chi connectivity index (χ2n) is 16.3. The summed E-state index contributed by atoms with van der Waals surface area (Å²) in [5.41, 5.74) is 3.82. The molecule has 0 aliphatic carbocycles. The molecule has 0 aromatic heterocycles. The standard InChI is InChI=1S/C45H60N2O11S2/c1-6-58-43(52)23-15-10-18-30-47-38-26-24-33(59(5,53)54)31-36(38)45(4,28-16-8-13-21-41(48)49)40(47)20-12-7-11-19-39-44(2,3)35-32-34(60(55,56)57)25-27-37(35)46(39)29-17-9-14-22-42(50)51/h7,11-12,19-20,24-27,31-32H,6,8-10,13-18,21-23,28-30H2,1-5H3,(H2-,48,49,50,51,55,56,57). The number of unbranched alkanes of at least 4 members (excludes halogenated alkanes) is 6. The number of aliphatic carboxylic acids is 2. The minimum Gasteiger partial charge on any atom is -0.744 e. The van der Waals surface area contributed by atoms with Crippen LogP contribution in [0.4, 0.5) is 11.4 Å². The Bertz CT molecular complexity index is 2260. The van der Waals surface area contributed by atoms with E-state index in [1.54, 1.807) is 25.1 Å². The van der Waals surface area contributed by atoms with Crippen LogP contribution in [0, 0.1) is 0 Å². The average Bonchev–Trinajstić information content (AvgIpc) is 3.52. The predicted octanol–water partition coefficient (Wildman–Crippen LogP) is 7.95. The molecule has 2 N–H and O–H groups in total. The van der Waals surface area contributed by atoms with E-state index in [0.717, 1.165) is 47.6 Å². The van der Waals surface area contributed by atoms with E-state index >= 15 is 0 Å². The molecule has 0 bridgehead atoms. The Balaban J connectivity index is 1.71. The zero-order chi connectivity index (χ0) is 44.3. The third kappa shape index (κ3) is 12.3. The van der Waals surface area contributed by atoms with Gasteiger partial charge in [0.2, 0.25) is 5.69 Å². The van der Waals surface area contributed by atoms with Crippen LogP contribution in [0.15, 0.2) is 82.3 Å². The fourth-order valence-corrected chi connectivity index (χ4v) is 9.42. The number of benzene rings is 2. The van der Waals surface area contributed by atoms with Crippen LogP contribution in [-0.4, -0.2) is 85.7 Å². The molecule has 0 fully saturated rings. The fourth-order valence-electron chi connectivity index (χ4n) is 8.28. The van der Waals surface area contributed by atoms with Gasteiger partial charge in [-0.25, -0.2) is 16.8 Å². The van der Waals surface area contributed by atoms with Crippen molar-refractivity contribution in [2.75, 3.05) is 30.9 Å². The van der Waals surface area contributed by atoms with E-state index in [4.69, 9.17) is 9.84 Å². The van der Waals surface area contributed by atoms with Gasteiger partial charge in [0, 0.05) is 73.0 Å². The fraction of sp³-hybridized carbons (Fsp3) is 0.511. The second-order valence-corrected chi connectivity index (χ2v) is 19.7. The van der Waals surface area contributed by atoms with Crippen LogP contribution in [0.3, 0.4) is 0 Å². The van der Waals surface area contributed by atoms with Crippen molar-refractivity contribution in [3.05, 3.63) is 83.6 Å². The number of hydrogen-bond acceptors (Lipinski definition) is 10. The summed E-state index contributed by atoms with van der Waals surface area (Å²) in [6.07, 6.45) is 18.1. The third-order valence-corrected chi connectivity index (χ3v) is 13.4. The topological polar surface area (TPSA) is 198 Å². The van der Waals surface area contributed by atoms with Gasteiger partial charge in [0.15, 0.2) is 15.5 Å². The zero-order valence-electron chi connectivity index (χ0n) is 35.4. The van der Waals surface area contributed by atoms with Gasteiger partial charge in [0.25, 0.3) is 0 Å². The number of esters is 1. The van der Waals surface area contributed by atoms with Gasteiger partial charge in [0.1, 0.15) is 16.7 Å². The Morgan fingerprint density at radius 1 is 0.783 bits per heavy atom. The normalized spacial score (nSPS) is 18.2. The summed E-state index contributed by atoms with van der Waals surface area (Å²) in [5, 5.41) is 18.3. The molecule has 60 heavy (non-hydrogen) atoms. The molecule has 4 rings (SSSR count). The number of hydrogen-bond donors (Lipinski definition) is 2. The van der Waals surface area contributed by atoms with Crippen LogP contribution in [0.1, 0.15) is 122 Å². The Morgan fingerprint density at radius 3 is 2.03 bits per heavy atom. The minimum absolute atomic E-state index is 0.0726. The molecule has 2 aromatic carbocycles. The highest BCUT2D eigenvalue weighted by atomic mass is 32.2. The number of carboxylic acids is 2. The van der Waals surface area contributed by atoms with Gasteiger partial charge in [-0.1, -0.05) is 37.5 Å². The number of nitrogens with zero attached hydrogens (tertiary/aromatic N) is 2. The van der Waals surface area contributed by atoms with Crippen molar-refractivity contribution >= 4 is 54.9 Å². The molecule has 0 amide bonds. The molecular formula is C45H60N2O11S2. The number of anilines is 1. The lowest BCUT2D eigenvalue weighted by Crippen LogP contribution is -2.29. The molecule has 0 spiro atoms. The van der Waals surface area contributed by atoms with Crippen molar-refractivity contribution in [1.82, 2.24) is 0 Å². The van der Waals surface area contributed by atoms with Crippen molar-refractivity contribution in [1.29, 1.82) is 0 Å². The maximum absolute atomic E-state index is 12.8. The number of carbonyl (C=O) groups excluding carboxylic acids is 1. The molecule has 15 heteroatoms. The monoisotopic (exact) mass is 868 g/mol. The first kappa shape index (κ1) is 48.1. The number of allylic oxidation sites excluding steroid dienone is 6. The second kappa shape index (κ2) is 20.8. The first-order valence-electron chi connectivity index (χ1n) is 20.7. The van der Waals surface area contributed by atoms with E-state index in [9.17, 15) is 40.9 Å². The highest BCUT2D eigenvalue weighted by molar-refractivity contribution is 7.90. The molecule has 2 heterocycles. The largest absolute Gasteiger partial charge is 0.744 e. The lowest BCUT2D eigenvalue weighted by Gasteiger charge is -2.30. The zero-order valence-corrected chi connectivity index (χ0v) is 37.1. The van der Waals surface area contributed by atoms with Gasteiger partial charge >= 0.3 is 17.9 Å². The summed E-state index contributed by atoms with van der Waals surface area (Å²) in [7, 11) is -8.21. The summed E-state index contributed by atoms with van der Waals surface area (Å²) in [6, 6.07) is 9.66. The minimum atomic E-state index is -4.69. The van der Waals surface area contributed by atoms with Gasteiger partial charge in [-0.2, -0.15) is 4.58 Å². The Kier molecular flexibility index (Phi) is 16.6. The van der Waals surface area contributed by atoms with Crippen LogP contribution in [-0.2, 0) is 49.9 Å². The van der Waals surface area contributed by atoms with Crippen molar-refractivity contribution in [3.8, 4) is 0 Å². The third-order valence-electron chi connectivity index (χ3n) is 11.4. The summed E-state index contributed by atoms with van der Waals surface area (Å²) < 4.78 is 68.7. The van der Waals surface area contributed by atoms with Gasteiger partial charge in [0.05, 0.1) is 21.8 Å². The number of sulfone groups is 1. The maximum Gasteiger partial charge on any atom is 0.305 e. The summed E-state index contributed by atoms with van der Waals surface area (Å²) in [5.74, 6) is -1.93. The van der Waals surface area contributed by atoms with E-state index in [1.165, 1.54) is 18.4 Å². The molecule has 0 saturated carbocycles. The number of carboxylic acid groups (broad SMARTS) is 2. The number of ether oxygens (including phenoxy) is 1. The summed E-state index contributed by atoms with van der Waals surface area (Å²) in [4.78, 5) is 36.4. The SMILES string of the molecule is CCOC(=O)CCCCCN1\C(=C/C=C/C=C/C2=[N+](CCCCCC(=O)O)c3ccc(S(=O)(=O)[O-])cc3C2(C)C)C(C)(CCCCCC(=O)O)c2cc(S(C)(=O)=O)ccc21. The molecule has 1 atom stereocenters. The van der Waals surface area contributed by atoms with Crippen molar-refractivity contribution in [2.45, 2.75) is 132 Å². The summed E-state index contributed by atoms with van der Waals surface area (Å²) in [6.45, 7) is 9.32. The Hall–Kier alpha value is -4.60. The molecule has 2 aromatic rings. The number of rotatable bonds is 24. The van der Waals surface area contributed by atoms with E-state index < -0.39 is 42.7 Å². The lowest BCUT2D eigenvalue weighted by atomic mass is 9.77. The van der Waals surface area contributed by atoms with Crippen LogP contribution in [0.2, 0.25) is 0 Å². The molecule has 2 aliphatic rings. The van der Waals surface area contributed by atoms with Crippen molar-refractivity contribution in [3.63, 3.8) is 0 Å². The van der Waals surface area contributed by atoms with Crippen LogP contribution in [0.25, 0.3) is 0 Å². The average molecular weight is 869 g/mol. The molecular weight excluding hydrogens is 809 g/mol. The van der Waals surface area contributed by atoms with Crippen LogP contribution >= 0.6 is 0 Å². The first-order valence-corrected chi connectivity index (χ1v) is 24.0. The van der Waals surface area contributed by atoms with E-state index in [2.05, 4.69) is 16.4 Å². The van der Waals surface area contributed by atoms with E-state index in [1.807, 2.05) is 50.3 Å². The quantitative estimate of drug-likeness (QED) is 0.0340. The van der Waals surface area contributed by atoms with Crippen molar-refractivity contribution < 1.29 is 55.3 Å². The van der Waals surface area contributed by atoms with Gasteiger partial charge in [-0.3, -0.25) is 14.4 Å². The molecule has 328 valence electrons. The first-order chi connectivity index (χ1) is 28.2. The van der Waals surface area contributed by atoms with E-state index in [0.29, 0.717) is 76.6 Å². The highest BCUT2D eigenvalue weighted by Crippen LogP contribution is 2.51. The lowest BCUT2D eigenvalue weighted by molar-refractivity contribution is -0.438. The smallest absolute Gasteiger partial charge is 0.305 e. The Morgan fingerprint density at radius 2 is 1.40 bits per heavy atom. The van der Waals surface area contributed by atoms with Gasteiger partial charge in [-0.15, -0.1) is 0 Å². The van der Waals surface area contributed by atoms with Crippen LogP contribution < -0.4 is 4.90 Å². The molecule has 0 radical (unpaired) electrons. The molecule has 2 aliphatic heterocycles. The molecule has 13 nitrogen and oxygen atoms in total. The highest BCUT2D eigenvalue weighted by Gasteiger charge is 2.45. The number of carbonyl (C=O) groups is 3. The van der Waals surface area contributed by atoms with Gasteiger partial charge in [-0.05, 0) is 108 Å². The summed E-state index contributed by atoms with van der Waals surface area (Å²) >= 11 is 0. The molecule has 1 unspecified atom stereocenters. The predicted molar refractivity (Wildman–Crippen MR) is 230 cm³/mol. The van der Waals surface area contributed by atoms with Crippen molar-refractivity contribution in [2.24, 2.45) is 0 Å².